The molecule has 0 bridgehead atoms. The van der Waals surface area contributed by atoms with Crippen molar-refractivity contribution in [1.82, 2.24) is 4.90 Å². The fourth-order valence-corrected chi connectivity index (χ4v) is 2.57. The van der Waals surface area contributed by atoms with Crippen LogP contribution in [-0.2, 0) is 9.59 Å². The number of hydrogen-bond acceptors (Lipinski definition) is 4. The minimum Gasteiger partial charge on any atom is -0.322 e. The molecule has 0 aromatic heterocycles. The average Bonchev–Trinajstić information content (AvgIpc) is 2.95. The fraction of sp³-hybridized carbons (Fsp3) is 0.158. The molecule has 1 heterocycles. The van der Waals surface area contributed by atoms with E-state index in [0.717, 1.165) is 4.90 Å². The van der Waals surface area contributed by atoms with Crippen molar-refractivity contribution in [3.63, 3.8) is 0 Å². The number of nitrogens with one attached hydrogen (secondary N) is 1. The number of hydrogen-bond donors (Lipinski definition) is 1. The van der Waals surface area contributed by atoms with E-state index in [2.05, 4.69) is 5.32 Å². The lowest BCUT2D eigenvalue weighted by atomic mass is 10.1. The van der Waals surface area contributed by atoms with Gasteiger partial charge < -0.3 is 5.32 Å². The molecule has 1 saturated heterocycles. The van der Waals surface area contributed by atoms with E-state index in [-0.39, 0.29) is 42.9 Å². The van der Waals surface area contributed by atoms with Gasteiger partial charge in [-0.1, -0.05) is 18.2 Å². The number of nitrogens with zero attached hydrogens (tertiary/aromatic N) is 1. The van der Waals surface area contributed by atoms with Gasteiger partial charge in [-0.05, 0) is 36.4 Å². The van der Waals surface area contributed by atoms with Crippen LogP contribution in [0.2, 0.25) is 0 Å². The van der Waals surface area contributed by atoms with Crippen LogP contribution in [0.4, 0.5) is 5.69 Å². The highest BCUT2D eigenvalue weighted by Gasteiger charge is 2.30. The smallest absolute Gasteiger partial charge is 0.255 e. The van der Waals surface area contributed by atoms with E-state index in [1.807, 2.05) is 6.07 Å². The maximum atomic E-state index is 12.2. The summed E-state index contributed by atoms with van der Waals surface area (Å²) in [6.07, 6.45) is 0.327. The predicted molar refractivity (Wildman–Crippen MR) is 91.1 cm³/mol. The largest absolute Gasteiger partial charge is 0.322 e. The summed E-state index contributed by atoms with van der Waals surface area (Å²) < 4.78 is 0. The first-order valence-corrected chi connectivity index (χ1v) is 7.87. The molecule has 0 radical (unpaired) electrons. The molecule has 1 aliphatic heterocycles. The third-order valence-corrected chi connectivity index (χ3v) is 3.96. The van der Waals surface area contributed by atoms with Crippen molar-refractivity contribution in [1.29, 1.82) is 0 Å². The van der Waals surface area contributed by atoms with Crippen LogP contribution in [0.1, 0.15) is 33.6 Å². The lowest BCUT2D eigenvalue weighted by molar-refractivity contribution is -0.137. The summed E-state index contributed by atoms with van der Waals surface area (Å²) in [5.41, 5.74) is 1.47. The first kappa shape index (κ1) is 16.6. The number of amides is 3. The monoisotopic (exact) mass is 336 g/mol. The molecule has 0 unspecified atom stereocenters. The zero-order chi connectivity index (χ0) is 17.8. The van der Waals surface area contributed by atoms with E-state index in [4.69, 9.17) is 0 Å². The molecule has 0 atom stereocenters. The second kappa shape index (κ2) is 7.09. The van der Waals surface area contributed by atoms with Crippen LogP contribution in [0.5, 0.6) is 0 Å². The van der Waals surface area contributed by atoms with Gasteiger partial charge in [-0.25, -0.2) is 0 Å². The Morgan fingerprint density at radius 2 is 1.44 bits per heavy atom. The Kier molecular flexibility index (Phi) is 4.70. The molecule has 0 saturated carbocycles. The van der Waals surface area contributed by atoms with Gasteiger partial charge in [-0.15, -0.1) is 0 Å². The Morgan fingerprint density at radius 3 is 2.04 bits per heavy atom. The molecular weight excluding hydrogens is 320 g/mol. The Bertz CT molecular complexity index is 812. The van der Waals surface area contributed by atoms with E-state index in [1.54, 1.807) is 48.5 Å². The highest BCUT2D eigenvalue weighted by atomic mass is 16.2. The van der Waals surface area contributed by atoms with Crippen molar-refractivity contribution >= 4 is 29.2 Å². The lowest BCUT2D eigenvalue weighted by Gasteiger charge is -2.12. The molecule has 1 N–H and O–H groups in total. The molecule has 0 spiro atoms. The summed E-state index contributed by atoms with van der Waals surface area (Å²) >= 11 is 0. The van der Waals surface area contributed by atoms with E-state index in [9.17, 15) is 19.2 Å². The van der Waals surface area contributed by atoms with Gasteiger partial charge >= 0.3 is 0 Å². The van der Waals surface area contributed by atoms with Crippen molar-refractivity contribution in [3.05, 3.63) is 65.7 Å². The van der Waals surface area contributed by atoms with Gasteiger partial charge in [0.1, 0.15) is 0 Å². The number of carbonyl (C=O) groups excluding carboxylic acids is 4. The minimum atomic E-state index is -0.315. The molecule has 1 aliphatic rings. The van der Waals surface area contributed by atoms with Crippen LogP contribution >= 0.6 is 0 Å². The summed E-state index contributed by atoms with van der Waals surface area (Å²) in [4.78, 5) is 48.4. The van der Waals surface area contributed by atoms with E-state index >= 15 is 0 Å². The van der Waals surface area contributed by atoms with Gasteiger partial charge in [0.15, 0.2) is 5.78 Å². The summed E-state index contributed by atoms with van der Waals surface area (Å²) in [7, 11) is 0. The zero-order valence-electron chi connectivity index (χ0n) is 13.4. The van der Waals surface area contributed by atoms with Crippen molar-refractivity contribution in [2.24, 2.45) is 0 Å². The lowest BCUT2D eigenvalue weighted by Crippen LogP contribution is -2.34. The topological polar surface area (TPSA) is 83.6 Å². The normalized spacial score (nSPS) is 13.8. The van der Waals surface area contributed by atoms with Crippen LogP contribution in [0.15, 0.2) is 54.6 Å². The highest BCUT2D eigenvalue weighted by Crippen LogP contribution is 2.15. The molecule has 2 aromatic carbocycles. The number of carbonyl (C=O) groups is 4. The van der Waals surface area contributed by atoms with Gasteiger partial charge in [0.05, 0.1) is 6.54 Å². The average molecular weight is 336 g/mol. The molecular formula is C19H16N2O4. The molecule has 6 nitrogen and oxygen atoms in total. The molecule has 2 aromatic rings. The summed E-state index contributed by atoms with van der Waals surface area (Å²) in [5.74, 6) is -1.19. The van der Waals surface area contributed by atoms with Crippen molar-refractivity contribution in [2.45, 2.75) is 12.8 Å². The van der Waals surface area contributed by atoms with Crippen LogP contribution < -0.4 is 5.32 Å². The third-order valence-electron chi connectivity index (χ3n) is 3.96. The maximum Gasteiger partial charge on any atom is 0.255 e. The molecule has 126 valence electrons. The van der Waals surface area contributed by atoms with Crippen molar-refractivity contribution < 1.29 is 19.2 Å². The first-order chi connectivity index (χ1) is 12.0. The van der Waals surface area contributed by atoms with Crippen LogP contribution in [0.3, 0.4) is 0 Å². The number of ketones is 1. The molecule has 3 rings (SSSR count). The molecule has 25 heavy (non-hydrogen) atoms. The van der Waals surface area contributed by atoms with Crippen molar-refractivity contribution in [3.8, 4) is 0 Å². The Hall–Kier alpha value is -3.28. The second-order valence-corrected chi connectivity index (χ2v) is 5.69. The van der Waals surface area contributed by atoms with Gasteiger partial charge in [0.2, 0.25) is 11.8 Å². The van der Waals surface area contributed by atoms with E-state index in [1.165, 1.54) is 0 Å². The quantitative estimate of drug-likeness (QED) is 0.670. The van der Waals surface area contributed by atoms with E-state index < -0.39 is 0 Å². The number of imide groups is 1. The standard InChI is InChI=1S/C19H16N2O4/c22-16(12-21-17(23)10-11-18(21)24)13-6-8-15(9-7-13)20-19(25)14-4-2-1-3-5-14/h1-9H,10-12H2,(H,20,25). The van der Waals surface area contributed by atoms with Crippen molar-refractivity contribution in [2.75, 3.05) is 11.9 Å². The van der Waals surface area contributed by atoms with Gasteiger partial charge in [0.25, 0.3) is 5.91 Å². The van der Waals surface area contributed by atoms with Gasteiger partial charge in [-0.3, -0.25) is 24.1 Å². The number of likely N-dealkylation sites (tertiary alicyclic amines) is 1. The Morgan fingerprint density at radius 1 is 0.840 bits per heavy atom. The Labute approximate surface area is 144 Å². The minimum absolute atomic E-state index is 0.163. The molecule has 3 amide bonds. The molecule has 6 heteroatoms. The van der Waals surface area contributed by atoms with Crippen LogP contribution in [-0.4, -0.2) is 34.9 Å². The summed E-state index contributed by atoms with van der Waals surface area (Å²) in [6, 6.07) is 15.1. The second-order valence-electron chi connectivity index (χ2n) is 5.69. The SMILES string of the molecule is O=C(CN1C(=O)CCC1=O)c1ccc(NC(=O)c2ccccc2)cc1. The molecule has 1 fully saturated rings. The Balaban J connectivity index is 1.64. The summed E-state index contributed by atoms with van der Waals surface area (Å²) in [6.45, 7) is -0.243. The van der Waals surface area contributed by atoms with E-state index in [0.29, 0.717) is 16.8 Å². The van der Waals surface area contributed by atoms with Crippen LogP contribution in [0.25, 0.3) is 0 Å². The number of Topliss-reactive ketones (excluding diaryl/α,β-unsaturated/α-hetero) is 1. The fourth-order valence-electron chi connectivity index (χ4n) is 2.57. The maximum absolute atomic E-state index is 12.2. The number of anilines is 1. The number of rotatable bonds is 5. The summed E-state index contributed by atoms with van der Waals surface area (Å²) in [5, 5.41) is 2.74. The zero-order valence-corrected chi connectivity index (χ0v) is 13.4. The predicted octanol–water partition coefficient (Wildman–Crippen LogP) is 2.27. The highest BCUT2D eigenvalue weighted by molar-refractivity contribution is 6.08. The first-order valence-electron chi connectivity index (χ1n) is 7.87. The third kappa shape index (κ3) is 3.80. The van der Waals surface area contributed by atoms with Gasteiger partial charge in [-0.2, -0.15) is 0 Å². The number of benzene rings is 2. The van der Waals surface area contributed by atoms with Gasteiger partial charge in [0, 0.05) is 29.7 Å². The molecule has 0 aliphatic carbocycles. The van der Waals surface area contributed by atoms with Crippen LogP contribution in [0, 0.1) is 0 Å².